The third kappa shape index (κ3) is 2.15. The van der Waals surface area contributed by atoms with Gasteiger partial charge < -0.3 is 0 Å². The van der Waals surface area contributed by atoms with Crippen LogP contribution in [0.5, 0.6) is 0 Å². The summed E-state index contributed by atoms with van der Waals surface area (Å²) in [6, 6.07) is 0. The molecule has 0 spiro atoms. The molecule has 0 N–H and O–H groups in total. The molecule has 0 aromatic heterocycles. The van der Waals surface area contributed by atoms with Crippen molar-refractivity contribution in [2.45, 2.75) is 71.6 Å². The third-order valence-corrected chi connectivity index (χ3v) is 4.70. The van der Waals surface area contributed by atoms with Gasteiger partial charge in [0.15, 0.2) is 0 Å². The second kappa shape index (κ2) is 4.24. The minimum absolute atomic E-state index is 0.684. The molecule has 0 heteroatoms. The lowest BCUT2D eigenvalue weighted by Crippen LogP contribution is -2.43. The third-order valence-electron chi connectivity index (χ3n) is 4.70. The highest BCUT2D eigenvalue weighted by Gasteiger charge is 2.45. The molecule has 2 aliphatic carbocycles. The molecular weight excluding hydrogens is 168 g/mol. The molecule has 0 nitrogen and oxygen atoms in total. The number of rotatable bonds is 0. The second-order valence-corrected chi connectivity index (χ2v) is 6.26. The van der Waals surface area contributed by atoms with Crippen molar-refractivity contribution in [3.63, 3.8) is 0 Å². The number of hydrogen-bond acceptors (Lipinski definition) is 0. The molecule has 0 bridgehead atoms. The minimum Gasteiger partial charge on any atom is -0.0596 e. The first-order valence-electron chi connectivity index (χ1n) is 6.70. The lowest BCUT2D eigenvalue weighted by atomic mass is 9.53. The van der Waals surface area contributed by atoms with Gasteiger partial charge in [-0.05, 0) is 30.1 Å². The summed E-state index contributed by atoms with van der Waals surface area (Å²) in [5, 5.41) is 0. The molecule has 0 amide bonds. The van der Waals surface area contributed by atoms with E-state index >= 15 is 0 Å². The van der Waals surface area contributed by atoms with Crippen LogP contribution in [0.4, 0.5) is 0 Å². The molecule has 0 aliphatic heterocycles. The van der Waals surface area contributed by atoms with Gasteiger partial charge in [-0.25, -0.2) is 0 Å². The Morgan fingerprint density at radius 2 is 1.36 bits per heavy atom. The van der Waals surface area contributed by atoms with Gasteiger partial charge in [0.1, 0.15) is 0 Å². The van der Waals surface area contributed by atoms with E-state index in [2.05, 4.69) is 13.8 Å². The molecule has 2 fully saturated rings. The Bertz CT molecular complexity index is 180. The largest absolute Gasteiger partial charge is 0.0596 e. The molecular formula is C14H26. The van der Waals surface area contributed by atoms with E-state index in [1.54, 1.807) is 0 Å². The lowest BCUT2D eigenvalue weighted by molar-refractivity contribution is -0.0259. The Labute approximate surface area is 89.5 Å². The molecule has 2 unspecified atom stereocenters. The van der Waals surface area contributed by atoms with E-state index in [1.165, 1.54) is 57.8 Å². The lowest BCUT2D eigenvalue weighted by Gasteiger charge is -2.52. The summed E-state index contributed by atoms with van der Waals surface area (Å²) in [4.78, 5) is 0. The van der Waals surface area contributed by atoms with Gasteiger partial charge in [0, 0.05) is 0 Å². The van der Waals surface area contributed by atoms with Gasteiger partial charge in [0.2, 0.25) is 0 Å². The molecule has 0 aromatic carbocycles. The van der Waals surface area contributed by atoms with Crippen LogP contribution in [0.2, 0.25) is 0 Å². The van der Waals surface area contributed by atoms with Crippen LogP contribution in [-0.2, 0) is 0 Å². The molecule has 0 aromatic rings. The van der Waals surface area contributed by atoms with Crippen LogP contribution in [0.25, 0.3) is 0 Å². The zero-order chi connectivity index (χ0) is 10.0. The monoisotopic (exact) mass is 194 g/mol. The van der Waals surface area contributed by atoms with E-state index in [0.717, 1.165) is 11.8 Å². The molecule has 2 saturated carbocycles. The molecule has 0 saturated heterocycles. The van der Waals surface area contributed by atoms with Gasteiger partial charge in [0.25, 0.3) is 0 Å². The number of hydrogen-bond donors (Lipinski definition) is 0. The number of fused-ring (bicyclic) bond motifs is 1. The van der Waals surface area contributed by atoms with Gasteiger partial charge in [-0.15, -0.1) is 0 Å². The summed E-state index contributed by atoms with van der Waals surface area (Å²) in [5.74, 6) is 2.17. The zero-order valence-electron chi connectivity index (χ0n) is 10.0. The first-order valence-corrected chi connectivity index (χ1v) is 6.70. The fourth-order valence-electron chi connectivity index (χ4n) is 3.85. The van der Waals surface area contributed by atoms with Crippen molar-refractivity contribution in [1.29, 1.82) is 0 Å². The second-order valence-electron chi connectivity index (χ2n) is 6.26. The molecule has 0 heterocycles. The maximum Gasteiger partial charge on any atom is -0.0321 e. The molecule has 14 heavy (non-hydrogen) atoms. The van der Waals surface area contributed by atoms with Crippen LogP contribution in [0.15, 0.2) is 0 Å². The summed E-state index contributed by atoms with van der Waals surface area (Å²) < 4.78 is 0. The smallest absolute Gasteiger partial charge is 0.0321 e. The van der Waals surface area contributed by atoms with Crippen LogP contribution in [-0.4, -0.2) is 0 Å². The molecule has 2 rings (SSSR count). The summed E-state index contributed by atoms with van der Waals surface area (Å²) in [6.07, 6.45) is 13.6. The Morgan fingerprint density at radius 1 is 0.786 bits per heavy atom. The predicted octanol–water partition coefficient (Wildman–Crippen LogP) is 4.78. The van der Waals surface area contributed by atoms with Gasteiger partial charge in [-0.1, -0.05) is 58.8 Å². The first kappa shape index (κ1) is 10.5. The molecule has 0 radical (unpaired) electrons. The average molecular weight is 194 g/mol. The highest BCUT2D eigenvalue weighted by molar-refractivity contribution is 4.95. The van der Waals surface area contributed by atoms with Crippen LogP contribution >= 0.6 is 0 Å². The van der Waals surface area contributed by atoms with Crippen molar-refractivity contribution in [1.82, 2.24) is 0 Å². The van der Waals surface area contributed by atoms with E-state index < -0.39 is 0 Å². The van der Waals surface area contributed by atoms with Crippen molar-refractivity contribution >= 4 is 0 Å². The standard InChI is InChI=1S/C14H26/c1-14(2)11-12-9-7-5-3-4-6-8-10-13(12)14/h12-13H,3-11H2,1-2H3. The summed E-state index contributed by atoms with van der Waals surface area (Å²) in [7, 11) is 0. The predicted molar refractivity (Wildman–Crippen MR) is 62.3 cm³/mol. The minimum atomic E-state index is 0.684. The first-order chi connectivity index (χ1) is 6.70. The van der Waals surface area contributed by atoms with Gasteiger partial charge in [0.05, 0.1) is 0 Å². The molecule has 2 aliphatic rings. The van der Waals surface area contributed by atoms with Gasteiger partial charge >= 0.3 is 0 Å². The van der Waals surface area contributed by atoms with E-state index in [4.69, 9.17) is 0 Å². The van der Waals surface area contributed by atoms with E-state index in [-0.39, 0.29) is 0 Å². The van der Waals surface area contributed by atoms with Crippen molar-refractivity contribution in [3.8, 4) is 0 Å². The van der Waals surface area contributed by atoms with Crippen molar-refractivity contribution < 1.29 is 0 Å². The quantitative estimate of drug-likeness (QED) is 0.520. The normalized spacial score (nSPS) is 38.1. The van der Waals surface area contributed by atoms with E-state index in [0.29, 0.717) is 5.41 Å². The zero-order valence-corrected chi connectivity index (χ0v) is 10.0. The van der Waals surface area contributed by atoms with Gasteiger partial charge in [-0.3, -0.25) is 0 Å². The van der Waals surface area contributed by atoms with E-state index in [1.807, 2.05) is 0 Å². The van der Waals surface area contributed by atoms with Crippen LogP contribution in [0.3, 0.4) is 0 Å². The SMILES string of the molecule is CC1(C)CC2CCCCCCCCC21. The van der Waals surface area contributed by atoms with Crippen LogP contribution in [0.1, 0.15) is 71.6 Å². The summed E-state index contributed by atoms with van der Waals surface area (Å²) in [5.41, 5.74) is 0.684. The topological polar surface area (TPSA) is 0 Å². The maximum absolute atomic E-state index is 2.49. The molecule has 82 valence electrons. The summed E-state index contributed by atoms with van der Waals surface area (Å²) >= 11 is 0. The van der Waals surface area contributed by atoms with Gasteiger partial charge in [-0.2, -0.15) is 0 Å². The summed E-state index contributed by atoms with van der Waals surface area (Å²) in [6.45, 7) is 4.97. The van der Waals surface area contributed by atoms with E-state index in [9.17, 15) is 0 Å². The fraction of sp³-hybridized carbons (Fsp3) is 1.00. The fourth-order valence-corrected chi connectivity index (χ4v) is 3.85. The van der Waals surface area contributed by atoms with Crippen molar-refractivity contribution in [3.05, 3.63) is 0 Å². The Morgan fingerprint density at radius 3 is 2.00 bits per heavy atom. The Balaban J connectivity index is 1.88. The highest BCUT2D eigenvalue weighted by atomic mass is 14.5. The molecule has 2 atom stereocenters. The van der Waals surface area contributed by atoms with Crippen molar-refractivity contribution in [2.75, 3.05) is 0 Å². The van der Waals surface area contributed by atoms with Crippen molar-refractivity contribution in [2.24, 2.45) is 17.3 Å². The average Bonchev–Trinajstić information content (AvgIpc) is 2.14. The maximum atomic E-state index is 2.49. The van der Waals surface area contributed by atoms with Crippen LogP contribution in [0, 0.1) is 17.3 Å². The Kier molecular flexibility index (Phi) is 3.19. The Hall–Kier alpha value is 0. The van der Waals surface area contributed by atoms with Crippen LogP contribution < -0.4 is 0 Å². The highest BCUT2D eigenvalue weighted by Crippen LogP contribution is 2.55.